The molecule has 1 aromatic heterocycles. The maximum absolute atomic E-state index is 13.2. The molecular weight excluding hydrogens is 458 g/mol. The number of halogens is 1. The largest absolute Gasteiger partial charge is 0.491 e. The van der Waals surface area contributed by atoms with E-state index in [0.29, 0.717) is 28.1 Å². The SMILES string of the molecule is Cc1oc(-c2ccc(OC(C)C)cc2)nc1CN1N=N[C@H]2C(=O)N(c3cccc(Cl)c3)C(=O)[C@H]21. The van der Waals surface area contributed by atoms with Gasteiger partial charge in [0.1, 0.15) is 17.2 Å². The van der Waals surface area contributed by atoms with Crippen molar-refractivity contribution in [1.82, 2.24) is 9.99 Å². The smallest absolute Gasteiger partial charge is 0.263 e. The van der Waals surface area contributed by atoms with Crippen LogP contribution < -0.4 is 9.64 Å². The van der Waals surface area contributed by atoms with E-state index in [1.807, 2.05) is 38.1 Å². The van der Waals surface area contributed by atoms with Gasteiger partial charge in [-0.15, -0.1) is 0 Å². The Kier molecular flexibility index (Phi) is 5.57. The third-order valence-electron chi connectivity index (χ3n) is 5.60. The molecule has 2 atom stereocenters. The highest BCUT2D eigenvalue weighted by molar-refractivity contribution is 6.31. The lowest BCUT2D eigenvalue weighted by Crippen LogP contribution is -2.39. The van der Waals surface area contributed by atoms with Gasteiger partial charge >= 0.3 is 0 Å². The number of fused-ring (bicyclic) bond motifs is 1. The van der Waals surface area contributed by atoms with Crippen molar-refractivity contribution in [2.24, 2.45) is 10.3 Å². The highest BCUT2D eigenvalue weighted by atomic mass is 35.5. The van der Waals surface area contributed by atoms with Crippen molar-refractivity contribution in [2.75, 3.05) is 4.90 Å². The molecule has 2 amide bonds. The minimum absolute atomic E-state index is 0.0832. The first-order valence-corrected chi connectivity index (χ1v) is 11.2. The monoisotopic (exact) mass is 479 g/mol. The van der Waals surface area contributed by atoms with E-state index in [1.165, 1.54) is 5.01 Å². The molecule has 1 saturated heterocycles. The Labute approximate surface area is 201 Å². The molecule has 0 saturated carbocycles. The first-order valence-electron chi connectivity index (χ1n) is 10.9. The van der Waals surface area contributed by atoms with Crippen molar-refractivity contribution in [3.05, 3.63) is 65.0 Å². The summed E-state index contributed by atoms with van der Waals surface area (Å²) < 4.78 is 11.5. The highest BCUT2D eigenvalue weighted by Crippen LogP contribution is 2.34. The van der Waals surface area contributed by atoms with Gasteiger partial charge in [-0.25, -0.2) is 9.88 Å². The number of rotatable bonds is 6. The van der Waals surface area contributed by atoms with E-state index < -0.39 is 23.9 Å². The first kappa shape index (κ1) is 22.1. The van der Waals surface area contributed by atoms with E-state index in [1.54, 1.807) is 31.2 Å². The number of hydrogen-bond acceptors (Lipinski definition) is 8. The van der Waals surface area contributed by atoms with Gasteiger partial charge in [-0.1, -0.05) is 22.9 Å². The number of hydrogen-bond donors (Lipinski definition) is 0. The van der Waals surface area contributed by atoms with Crippen LogP contribution in [0.5, 0.6) is 5.75 Å². The van der Waals surface area contributed by atoms with Gasteiger partial charge in [0.05, 0.1) is 18.3 Å². The molecule has 10 heteroatoms. The molecule has 0 aliphatic carbocycles. The van der Waals surface area contributed by atoms with Crippen LogP contribution >= 0.6 is 11.6 Å². The molecule has 0 spiro atoms. The van der Waals surface area contributed by atoms with Crippen LogP contribution in [0.3, 0.4) is 0 Å². The summed E-state index contributed by atoms with van der Waals surface area (Å²) in [6.07, 6.45) is 0.0832. The van der Waals surface area contributed by atoms with E-state index in [9.17, 15) is 9.59 Å². The summed E-state index contributed by atoms with van der Waals surface area (Å²) in [5, 5.41) is 10.1. The van der Waals surface area contributed by atoms with Crippen LogP contribution in [0.2, 0.25) is 5.02 Å². The third-order valence-corrected chi connectivity index (χ3v) is 5.84. The molecule has 2 aromatic carbocycles. The third kappa shape index (κ3) is 3.92. The average molecular weight is 480 g/mol. The van der Waals surface area contributed by atoms with Crippen molar-refractivity contribution >= 4 is 29.1 Å². The number of aryl methyl sites for hydroxylation is 1. The predicted molar refractivity (Wildman–Crippen MR) is 124 cm³/mol. The number of imide groups is 1. The van der Waals surface area contributed by atoms with E-state index >= 15 is 0 Å². The van der Waals surface area contributed by atoms with E-state index in [4.69, 9.17) is 20.8 Å². The number of carbonyl (C=O) groups is 2. The quantitative estimate of drug-likeness (QED) is 0.479. The lowest BCUT2D eigenvalue weighted by molar-refractivity contribution is -0.123. The maximum Gasteiger partial charge on any atom is 0.263 e. The van der Waals surface area contributed by atoms with Crippen LogP contribution in [-0.4, -0.2) is 40.0 Å². The molecule has 2 aliphatic rings. The van der Waals surface area contributed by atoms with Gasteiger partial charge < -0.3 is 9.15 Å². The Bertz CT molecular complexity index is 1290. The molecule has 5 rings (SSSR count). The number of benzene rings is 2. The Balaban J connectivity index is 1.35. The lowest BCUT2D eigenvalue weighted by atomic mass is 10.1. The number of oxazole rings is 1. The summed E-state index contributed by atoms with van der Waals surface area (Å²) in [5.74, 6) is 0.985. The highest BCUT2D eigenvalue weighted by Gasteiger charge is 2.55. The molecular formula is C24H22ClN5O4. The van der Waals surface area contributed by atoms with Crippen molar-refractivity contribution in [3.8, 4) is 17.2 Å². The van der Waals surface area contributed by atoms with E-state index in [-0.39, 0.29) is 12.6 Å². The molecule has 34 heavy (non-hydrogen) atoms. The Morgan fingerprint density at radius 2 is 1.88 bits per heavy atom. The molecule has 3 heterocycles. The molecule has 0 radical (unpaired) electrons. The Morgan fingerprint density at radius 3 is 2.59 bits per heavy atom. The van der Waals surface area contributed by atoms with Gasteiger partial charge in [0.2, 0.25) is 5.89 Å². The van der Waals surface area contributed by atoms with Crippen LogP contribution in [0.25, 0.3) is 11.5 Å². The number of nitrogens with zero attached hydrogens (tertiary/aromatic N) is 5. The van der Waals surface area contributed by atoms with Gasteiger partial charge in [-0.3, -0.25) is 14.6 Å². The molecule has 9 nitrogen and oxygen atoms in total. The average Bonchev–Trinajstić information content (AvgIpc) is 3.44. The Hall–Kier alpha value is -3.72. The summed E-state index contributed by atoms with van der Waals surface area (Å²) in [4.78, 5) is 31.8. The number of amides is 2. The zero-order valence-corrected chi connectivity index (χ0v) is 19.6. The fourth-order valence-electron chi connectivity index (χ4n) is 4.02. The zero-order chi connectivity index (χ0) is 24.0. The fraction of sp³-hybridized carbons (Fsp3) is 0.292. The van der Waals surface area contributed by atoms with E-state index in [0.717, 1.165) is 16.2 Å². The predicted octanol–water partition coefficient (Wildman–Crippen LogP) is 4.58. The van der Waals surface area contributed by atoms with Gasteiger partial charge in [-0.05, 0) is 63.2 Å². The van der Waals surface area contributed by atoms with Gasteiger partial charge in [0.15, 0.2) is 12.1 Å². The minimum Gasteiger partial charge on any atom is -0.491 e. The zero-order valence-electron chi connectivity index (χ0n) is 18.8. The van der Waals surface area contributed by atoms with Crippen LogP contribution in [0, 0.1) is 6.92 Å². The van der Waals surface area contributed by atoms with Crippen molar-refractivity contribution in [3.63, 3.8) is 0 Å². The number of ether oxygens (including phenoxy) is 1. The van der Waals surface area contributed by atoms with Gasteiger partial charge in [0, 0.05) is 10.6 Å². The molecule has 0 bridgehead atoms. The number of carbonyl (C=O) groups excluding carboxylic acids is 2. The maximum atomic E-state index is 13.2. The molecule has 0 N–H and O–H groups in total. The number of aromatic nitrogens is 1. The number of anilines is 1. The summed E-state index contributed by atoms with van der Waals surface area (Å²) in [5.41, 5.74) is 1.82. The summed E-state index contributed by atoms with van der Waals surface area (Å²) in [7, 11) is 0. The van der Waals surface area contributed by atoms with Crippen molar-refractivity contribution in [1.29, 1.82) is 0 Å². The lowest BCUT2D eigenvalue weighted by Gasteiger charge is -2.20. The Morgan fingerprint density at radius 1 is 1.12 bits per heavy atom. The molecule has 1 fully saturated rings. The minimum atomic E-state index is -0.897. The molecule has 3 aromatic rings. The topological polar surface area (TPSA) is 101 Å². The van der Waals surface area contributed by atoms with Gasteiger partial charge in [0.25, 0.3) is 11.8 Å². The fourth-order valence-corrected chi connectivity index (χ4v) is 4.21. The summed E-state index contributed by atoms with van der Waals surface area (Å²) in [6, 6.07) is 12.3. The second kappa shape index (κ2) is 8.57. The normalized spacial score (nSPS) is 19.4. The second-order valence-electron chi connectivity index (χ2n) is 8.40. The van der Waals surface area contributed by atoms with Crippen molar-refractivity contribution in [2.45, 2.75) is 45.5 Å². The molecule has 2 aliphatic heterocycles. The second-order valence-corrected chi connectivity index (χ2v) is 8.83. The van der Waals surface area contributed by atoms with Crippen LogP contribution in [0.15, 0.2) is 63.3 Å². The van der Waals surface area contributed by atoms with Crippen LogP contribution in [0.1, 0.15) is 25.3 Å². The van der Waals surface area contributed by atoms with Crippen LogP contribution in [-0.2, 0) is 16.1 Å². The van der Waals surface area contributed by atoms with E-state index in [2.05, 4.69) is 15.3 Å². The van der Waals surface area contributed by atoms with Crippen molar-refractivity contribution < 1.29 is 18.7 Å². The van der Waals surface area contributed by atoms with Crippen LogP contribution in [0.4, 0.5) is 5.69 Å². The standard InChI is InChI=1S/C24H22ClN5O4/c1-13(2)33-18-9-7-15(8-10-18)22-26-19(14(3)34-22)12-29-21-20(27-28-29)23(31)30(24(21)32)17-6-4-5-16(25)11-17/h4-11,13,20-21H,12H2,1-3H3/t20-,21+/m1/s1. The summed E-state index contributed by atoms with van der Waals surface area (Å²) >= 11 is 6.05. The molecule has 174 valence electrons. The summed E-state index contributed by atoms with van der Waals surface area (Å²) in [6.45, 7) is 5.91. The molecule has 0 unspecified atom stereocenters. The van der Waals surface area contributed by atoms with Gasteiger partial charge in [-0.2, -0.15) is 5.11 Å². The first-order chi connectivity index (χ1) is 16.3.